The lowest BCUT2D eigenvalue weighted by molar-refractivity contribution is -0.125. The van der Waals surface area contributed by atoms with Crippen LogP contribution in [0.3, 0.4) is 0 Å². The van der Waals surface area contributed by atoms with E-state index in [9.17, 15) is 4.79 Å². The fourth-order valence-corrected chi connectivity index (χ4v) is 5.81. The topological polar surface area (TPSA) is 65.6 Å². The quantitative estimate of drug-likeness (QED) is 0.287. The zero-order chi connectivity index (χ0) is 27.8. The van der Waals surface area contributed by atoms with E-state index in [-0.39, 0.29) is 23.9 Å². The highest BCUT2D eigenvalue weighted by atomic mass is 16.5. The van der Waals surface area contributed by atoms with Crippen LogP contribution in [0.4, 0.5) is 0 Å². The zero-order valence-electron chi connectivity index (χ0n) is 24.0. The van der Waals surface area contributed by atoms with Gasteiger partial charge in [-0.3, -0.25) is 10.2 Å². The highest BCUT2D eigenvalue weighted by molar-refractivity contribution is 5.75. The molecular weight excluding hydrogens is 484 g/mol. The number of methoxy groups -OCH3 is 1. The van der Waals surface area contributed by atoms with Gasteiger partial charge >= 0.3 is 0 Å². The first-order valence-electron chi connectivity index (χ1n) is 14.1. The number of ether oxygens (including phenoxy) is 1. The second-order valence-corrected chi connectivity index (χ2v) is 11.1. The van der Waals surface area contributed by atoms with Crippen molar-refractivity contribution < 1.29 is 9.53 Å². The van der Waals surface area contributed by atoms with E-state index in [2.05, 4.69) is 109 Å². The van der Waals surface area contributed by atoms with Crippen molar-refractivity contribution in [3.63, 3.8) is 0 Å². The van der Waals surface area contributed by atoms with Gasteiger partial charge < -0.3 is 15.4 Å². The summed E-state index contributed by atoms with van der Waals surface area (Å²) in [6, 6.07) is 28.3. The molecule has 39 heavy (non-hydrogen) atoms. The summed E-state index contributed by atoms with van der Waals surface area (Å²) < 4.78 is 5.74. The number of amides is 1. The predicted octanol–water partition coefficient (Wildman–Crippen LogP) is 5.07. The number of hydrogen-bond acceptors (Lipinski definition) is 5. The van der Waals surface area contributed by atoms with E-state index < -0.39 is 0 Å². The molecular formula is C33H44N4O2. The van der Waals surface area contributed by atoms with Crippen LogP contribution < -0.4 is 20.8 Å². The molecule has 3 unspecified atom stereocenters. The predicted molar refractivity (Wildman–Crippen MR) is 159 cm³/mol. The molecule has 1 aliphatic rings. The van der Waals surface area contributed by atoms with Crippen LogP contribution >= 0.6 is 0 Å². The van der Waals surface area contributed by atoms with Crippen molar-refractivity contribution in [1.82, 2.24) is 21.1 Å². The van der Waals surface area contributed by atoms with E-state index in [1.54, 1.807) is 12.1 Å². The van der Waals surface area contributed by atoms with Crippen LogP contribution in [0.1, 0.15) is 60.8 Å². The first kappa shape index (κ1) is 28.8. The van der Waals surface area contributed by atoms with Gasteiger partial charge in [0, 0.05) is 50.6 Å². The smallest absolute Gasteiger partial charge is 0.234 e. The van der Waals surface area contributed by atoms with Gasteiger partial charge in [-0.05, 0) is 47.6 Å². The molecule has 4 rings (SSSR count). The van der Waals surface area contributed by atoms with Crippen LogP contribution in [0, 0.1) is 5.92 Å². The van der Waals surface area contributed by atoms with E-state index in [0.29, 0.717) is 24.8 Å². The van der Waals surface area contributed by atoms with Gasteiger partial charge in [0.2, 0.25) is 5.91 Å². The minimum Gasteiger partial charge on any atom is -0.496 e. The van der Waals surface area contributed by atoms with Gasteiger partial charge in [-0.2, -0.15) is 0 Å². The lowest BCUT2D eigenvalue weighted by Crippen LogP contribution is -2.46. The van der Waals surface area contributed by atoms with Gasteiger partial charge in [-0.15, -0.1) is 0 Å². The molecule has 3 N–H and O–H groups in total. The lowest BCUT2D eigenvalue weighted by atomic mass is 9.80. The van der Waals surface area contributed by atoms with Crippen molar-refractivity contribution in [2.45, 2.75) is 57.2 Å². The molecule has 0 radical (unpaired) electrons. The average Bonchev–Trinajstić information content (AvgIpc) is 3.33. The lowest BCUT2D eigenvalue weighted by Gasteiger charge is -2.33. The van der Waals surface area contributed by atoms with Crippen molar-refractivity contribution in [1.29, 1.82) is 0 Å². The van der Waals surface area contributed by atoms with Gasteiger partial charge in [0.05, 0.1) is 7.11 Å². The molecule has 1 fully saturated rings. The van der Waals surface area contributed by atoms with Crippen LogP contribution in [0.25, 0.3) is 0 Å². The highest BCUT2D eigenvalue weighted by Gasteiger charge is 2.41. The van der Waals surface area contributed by atoms with Crippen LogP contribution in [0.5, 0.6) is 5.75 Å². The van der Waals surface area contributed by atoms with Crippen molar-refractivity contribution in [2.24, 2.45) is 5.92 Å². The van der Waals surface area contributed by atoms with E-state index >= 15 is 0 Å². The summed E-state index contributed by atoms with van der Waals surface area (Å²) in [7, 11) is 5.43. The zero-order valence-corrected chi connectivity index (χ0v) is 24.0. The molecule has 0 bridgehead atoms. The first-order valence-corrected chi connectivity index (χ1v) is 14.1. The molecule has 1 heterocycles. The maximum Gasteiger partial charge on any atom is 0.234 e. The second-order valence-electron chi connectivity index (χ2n) is 11.1. The maximum atomic E-state index is 12.5. The van der Waals surface area contributed by atoms with Gasteiger partial charge in [-0.25, -0.2) is 5.01 Å². The second kappa shape index (κ2) is 13.7. The van der Waals surface area contributed by atoms with Crippen LogP contribution in [0.2, 0.25) is 0 Å². The molecule has 3 aromatic rings. The molecule has 0 aromatic heterocycles. The summed E-state index contributed by atoms with van der Waals surface area (Å²) >= 11 is 0. The number of carbonyl (C=O) groups is 1. The van der Waals surface area contributed by atoms with E-state index in [4.69, 9.17) is 4.74 Å². The molecule has 1 saturated heterocycles. The minimum atomic E-state index is 0.0520. The van der Waals surface area contributed by atoms with Gasteiger partial charge in [0.25, 0.3) is 0 Å². The molecule has 208 valence electrons. The molecule has 3 aromatic carbocycles. The number of rotatable bonds is 12. The van der Waals surface area contributed by atoms with E-state index in [1.165, 1.54) is 16.7 Å². The normalized spacial score (nSPS) is 19.1. The Morgan fingerprint density at radius 3 is 2.18 bits per heavy atom. The summed E-state index contributed by atoms with van der Waals surface area (Å²) in [5, 5.41) is 9.53. The molecule has 1 amide bonds. The molecule has 3 atom stereocenters. The summed E-state index contributed by atoms with van der Waals surface area (Å²) in [5.74, 6) is 1.88. The molecule has 6 heteroatoms. The van der Waals surface area contributed by atoms with Crippen LogP contribution in [0.15, 0.2) is 78.9 Å². The van der Waals surface area contributed by atoms with Crippen molar-refractivity contribution in [3.05, 3.63) is 101 Å². The summed E-state index contributed by atoms with van der Waals surface area (Å²) in [6.45, 7) is 5.99. The van der Waals surface area contributed by atoms with E-state index in [1.807, 2.05) is 14.1 Å². The van der Waals surface area contributed by atoms with Gasteiger partial charge in [0.15, 0.2) is 0 Å². The SMILES string of the molecule is COc1ccc(C(C)C)cc1CNC1C(CCC(=O)NN(C)C)CNC1C(c1ccccc1)c1ccccc1. The molecule has 0 aliphatic carbocycles. The van der Waals surface area contributed by atoms with Gasteiger partial charge in [0.1, 0.15) is 5.75 Å². The summed E-state index contributed by atoms with van der Waals surface area (Å²) in [6.07, 6.45) is 1.29. The van der Waals surface area contributed by atoms with Crippen molar-refractivity contribution in [2.75, 3.05) is 27.7 Å². The fourth-order valence-electron chi connectivity index (χ4n) is 5.81. The summed E-state index contributed by atoms with van der Waals surface area (Å²) in [4.78, 5) is 12.5. The molecule has 6 nitrogen and oxygen atoms in total. The third-order valence-electron chi connectivity index (χ3n) is 7.78. The Kier molecular flexibility index (Phi) is 10.2. The fraction of sp³-hybridized carbons (Fsp3) is 0.424. The number of carbonyl (C=O) groups excluding carboxylic acids is 1. The first-order chi connectivity index (χ1) is 18.9. The molecule has 0 saturated carbocycles. The Labute approximate surface area is 234 Å². The maximum absolute atomic E-state index is 12.5. The number of hydrazine groups is 1. The Morgan fingerprint density at radius 1 is 0.974 bits per heavy atom. The Morgan fingerprint density at radius 2 is 1.62 bits per heavy atom. The molecule has 0 spiro atoms. The van der Waals surface area contributed by atoms with Crippen LogP contribution in [-0.2, 0) is 11.3 Å². The third kappa shape index (κ3) is 7.47. The largest absolute Gasteiger partial charge is 0.496 e. The Balaban J connectivity index is 1.64. The summed E-state index contributed by atoms with van der Waals surface area (Å²) in [5.41, 5.74) is 7.94. The third-order valence-corrected chi connectivity index (χ3v) is 7.78. The monoisotopic (exact) mass is 528 g/mol. The van der Waals surface area contributed by atoms with E-state index in [0.717, 1.165) is 24.3 Å². The number of nitrogens with one attached hydrogen (secondary N) is 3. The highest BCUT2D eigenvalue weighted by Crippen LogP contribution is 2.36. The Hall–Kier alpha value is -3.19. The minimum absolute atomic E-state index is 0.0520. The number of benzene rings is 3. The Bertz CT molecular complexity index is 1140. The average molecular weight is 529 g/mol. The number of hydrogen-bond donors (Lipinski definition) is 3. The molecule has 1 aliphatic heterocycles. The standard InChI is InChI=1S/C33H44N4O2/c1-23(2)26-16-18-29(39-5)28(20-26)22-34-32-27(17-19-30(38)36-37(3)4)21-35-33(32)31(24-12-8-6-9-13-24)25-14-10-7-11-15-25/h6-16,18,20,23,27,31-35H,17,19,21-22H2,1-5H3,(H,36,38). The number of nitrogens with zero attached hydrogens (tertiary/aromatic N) is 1. The van der Waals surface area contributed by atoms with Crippen LogP contribution in [-0.4, -0.2) is 50.7 Å². The van der Waals surface area contributed by atoms with Crippen molar-refractivity contribution in [3.8, 4) is 5.75 Å². The van der Waals surface area contributed by atoms with Crippen molar-refractivity contribution >= 4 is 5.91 Å². The van der Waals surface area contributed by atoms with Gasteiger partial charge in [-0.1, -0.05) is 86.6 Å².